The normalized spacial score (nSPS) is 11.1. The van der Waals surface area contributed by atoms with Crippen molar-refractivity contribution < 1.29 is 0 Å². The van der Waals surface area contributed by atoms with E-state index in [2.05, 4.69) is 41.3 Å². The quantitative estimate of drug-likeness (QED) is 0.798. The Morgan fingerprint density at radius 1 is 1.26 bits per heavy atom. The lowest BCUT2D eigenvalue weighted by molar-refractivity contribution is 0.754. The Morgan fingerprint density at radius 3 is 2.83 bits per heavy atom. The van der Waals surface area contributed by atoms with Gasteiger partial charge >= 0.3 is 0 Å². The standard InChI is InChI=1S/C18H20N4O/c1-4-22-16-11-19-9-8-15(16)21-17(18(22)23)20-14-7-5-6-13(10-14)12(2)3/h5-12H,4H2,1-3H3,(H,20,21). The van der Waals surface area contributed by atoms with Crippen molar-refractivity contribution in [1.29, 1.82) is 0 Å². The van der Waals surface area contributed by atoms with Gasteiger partial charge in [0.15, 0.2) is 5.82 Å². The van der Waals surface area contributed by atoms with E-state index in [1.807, 2.05) is 25.1 Å². The van der Waals surface area contributed by atoms with Gasteiger partial charge in [0, 0.05) is 18.4 Å². The Bertz CT molecular complexity index is 899. The molecule has 0 fully saturated rings. The summed E-state index contributed by atoms with van der Waals surface area (Å²) in [6.07, 6.45) is 3.36. The fourth-order valence-electron chi connectivity index (χ4n) is 2.59. The third-order valence-corrected chi connectivity index (χ3v) is 3.88. The van der Waals surface area contributed by atoms with E-state index in [0.29, 0.717) is 18.3 Å². The Labute approximate surface area is 135 Å². The molecule has 0 spiro atoms. The van der Waals surface area contributed by atoms with E-state index in [9.17, 15) is 4.79 Å². The van der Waals surface area contributed by atoms with E-state index in [4.69, 9.17) is 0 Å². The van der Waals surface area contributed by atoms with Gasteiger partial charge in [0.25, 0.3) is 5.56 Å². The highest BCUT2D eigenvalue weighted by Crippen LogP contribution is 2.21. The van der Waals surface area contributed by atoms with E-state index in [1.165, 1.54) is 5.56 Å². The minimum atomic E-state index is -0.136. The number of benzene rings is 1. The molecule has 0 aliphatic heterocycles. The predicted octanol–water partition coefficient (Wildman–Crippen LogP) is 3.68. The molecule has 0 amide bonds. The largest absolute Gasteiger partial charge is 0.336 e. The molecular weight excluding hydrogens is 288 g/mol. The average Bonchev–Trinajstić information content (AvgIpc) is 2.56. The summed E-state index contributed by atoms with van der Waals surface area (Å²) in [6, 6.07) is 9.89. The lowest BCUT2D eigenvalue weighted by Crippen LogP contribution is -2.24. The molecule has 0 atom stereocenters. The highest BCUT2D eigenvalue weighted by atomic mass is 16.1. The summed E-state index contributed by atoms with van der Waals surface area (Å²) in [5, 5.41) is 3.17. The van der Waals surface area contributed by atoms with Gasteiger partial charge in [-0.1, -0.05) is 26.0 Å². The summed E-state index contributed by atoms with van der Waals surface area (Å²) < 4.78 is 1.68. The van der Waals surface area contributed by atoms with Gasteiger partial charge in [-0.3, -0.25) is 9.78 Å². The zero-order chi connectivity index (χ0) is 16.4. The van der Waals surface area contributed by atoms with Crippen LogP contribution in [0.2, 0.25) is 0 Å². The van der Waals surface area contributed by atoms with Crippen LogP contribution >= 0.6 is 0 Å². The topological polar surface area (TPSA) is 59.8 Å². The van der Waals surface area contributed by atoms with Crippen molar-refractivity contribution in [3.8, 4) is 0 Å². The van der Waals surface area contributed by atoms with Crippen LogP contribution in [0.15, 0.2) is 47.5 Å². The van der Waals surface area contributed by atoms with Gasteiger partial charge in [-0.2, -0.15) is 0 Å². The lowest BCUT2D eigenvalue weighted by Gasteiger charge is -2.12. The Morgan fingerprint density at radius 2 is 2.09 bits per heavy atom. The third-order valence-electron chi connectivity index (χ3n) is 3.88. The number of aromatic nitrogens is 3. The van der Waals surface area contributed by atoms with E-state index in [1.54, 1.807) is 17.0 Å². The van der Waals surface area contributed by atoms with E-state index in [0.717, 1.165) is 16.7 Å². The van der Waals surface area contributed by atoms with Gasteiger partial charge < -0.3 is 9.88 Å². The highest BCUT2D eigenvalue weighted by molar-refractivity contribution is 5.76. The zero-order valence-corrected chi connectivity index (χ0v) is 13.6. The number of pyridine rings is 1. The molecule has 1 aromatic carbocycles. The van der Waals surface area contributed by atoms with Crippen molar-refractivity contribution in [2.45, 2.75) is 33.2 Å². The zero-order valence-electron chi connectivity index (χ0n) is 13.6. The molecule has 0 unspecified atom stereocenters. The van der Waals surface area contributed by atoms with Gasteiger partial charge in [-0.15, -0.1) is 0 Å². The van der Waals surface area contributed by atoms with Crippen LogP contribution in [0.5, 0.6) is 0 Å². The van der Waals surface area contributed by atoms with Gasteiger partial charge in [-0.05, 0) is 36.6 Å². The van der Waals surface area contributed by atoms with Crippen molar-refractivity contribution >= 4 is 22.5 Å². The van der Waals surface area contributed by atoms with Crippen molar-refractivity contribution in [2.24, 2.45) is 0 Å². The van der Waals surface area contributed by atoms with E-state index >= 15 is 0 Å². The fourth-order valence-corrected chi connectivity index (χ4v) is 2.59. The smallest absolute Gasteiger partial charge is 0.294 e. The van der Waals surface area contributed by atoms with Crippen LogP contribution in [0, 0.1) is 0 Å². The molecule has 0 aliphatic rings. The van der Waals surface area contributed by atoms with Crippen LogP contribution in [0.3, 0.4) is 0 Å². The molecule has 23 heavy (non-hydrogen) atoms. The second-order valence-electron chi connectivity index (χ2n) is 5.78. The maximum atomic E-state index is 12.6. The Kier molecular flexibility index (Phi) is 4.10. The molecule has 0 aliphatic carbocycles. The molecule has 2 aromatic heterocycles. The van der Waals surface area contributed by atoms with Crippen LogP contribution in [-0.2, 0) is 6.54 Å². The summed E-state index contributed by atoms with van der Waals surface area (Å²) in [5.41, 5.74) is 3.46. The maximum absolute atomic E-state index is 12.6. The number of aryl methyl sites for hydroxylation is 1. The lowest BCUT2D eigenvalue weighted by atomic mass is 10.0. The summed E-state index contributed by atoms with van der Waals surface area (Å²) >= 11 is 0. The monoisotopic (exact) mass is 308 g/mol. The predicted molar refractivity (Wildman–Crippen MR) is 93.3 cm³/mol. The molecule has 0 radical (unpaired) electrons. The second kappa shape index (κ2) is 6.20. The maximum Gasteiger partial charge on any atom is 0.294 e. The second-order valence-corrected chi connectivity index (χ2v) is 5.78. The van der Waals surface area contributed by atoms with Gasteiger partial charge in [-0.25, -0.2) is 4.98 Å². The SMILES string of the molecule is CCn1c(=O)c(Nc2cccc(C(C)C)c2)nc2ccncc21. The van der Waals surface area contributed by atoms with Crippen molar-refractivity contribution in [3.05, 3.63) is 58.6 Å². The number of rotatable bonds is 4. The molecule has 2 heterocycles. The average molecular weight is 308 g/mol. The van der Waals surface area contributed by atoms with Gasteiger partial charge in [0.2, 0.25) is 0 Å². The molecule has 0 saturated heterocycles. The summed E-state index contributed by atoms with van der Waals surface area (Å²) in [7, 11) is 0. The number of nitrogens with zero attached hydrogens (tertiary/aromatic N) is 3. The number of anilines is 2. The van der Waals surface area contributed by atoms with E-state index < -0.39 is 0 Å². The first kappa shape index (κ1) is 15.2. The minimum Gasteiger partial charge on any atom is -0.336 e. The molecule has 1 N–H and O–H groups in total. The molecule has 5 heteroatoms. The third kappa shape index (κ3) is 2.95. The van der Waals surface area contributed by atoms with Crippen LogP contribution in [-0.4, -0.2) is 14.5 Å². The van der Waals surface area contributed by atoms with Crippen LogP contribution in [0.25, 0.3) is 11.0 Å². The van der Waals surface area contributed by atoms with Gasteiger partial charge in [0.1, 0.15) is 0 Å². The number of hydrogen-bond acceptors (Lipinski definition) is 4. The van der Waals surface area contributed by atoms with Crippen LogP contribution in [0.4, 0.5) is 11.5 Å². The molecule has 118 valence electrons. The van der Waals surface area contributed by atoms with E-state index in [-0.39, 0.29) is 5.56 Å². The van der Waals surface area contributed by atoms with Crippen molar-refractivity contribution in [2.75, 3.05) is 5.32 Å². The highest BCUT2D eigenvalue weighted by Gasteiger charge is 2.10. The summed E-state index contributed by atoms with van der Waals surface area (Å²) in [5.74, 6) is 0.770. The first-order chi connectivity index (χ1) is 11.1. The summed E-state index contributed by atoms with van der Waals surface area (Å²) in [4.78, 5) is 21.2. The minimum absolute atomic E-state index is 0.136. The number of nitrogens with one attached hydrogen (secondary N) is 1. The molecule has 0 saturated carbocycles. The molecule has 5 nitrogen and oxygen atoms in total. The van der Waals surface area contributed by atoms with Crippen LogP contribution in [0.1, 0.15) is 32.3 Å². The summed E-state index contributed by atoms with van der Waals surface area (Å²) in [6.45, 7) is 6.80. The Balaban J connectivity index is 2.08. The molecule has 3 aromatic rings. The number of hydrogen-bond donors (Lipinski definition) is 1. The molecular formula is C18H20N4O. The number of fused-ring (bicyclic) bond motifs is 1. The first-order valence-corrected chi connectivity index (χ1v) is 7.81. The van der Waals surface area contributed by atoms with Gasteiger partial charge in [0.05, 0.1) is 17.2 Å². The van der Waals surface area contributed by atoms with Crippen molar-refractivity contribution in [3.63, 3.8) is 0 Å². The molecule has 3 rings (SSSR count). The molecule has 0 bridgehead atoms. The Hall–Kier alpha value is -2.69. The van der Waals surface area contributed by atoms with Crippen LogP contribution < -0.4 is 10.9 Å². The first-order valence-electron chi connectivity index (χ1n) is 7.81. The van der Waals surface area contributed by atoms with Crippen molar-refractivity contribution in [1.82, 2.24) is 14.5 Å². The fraction of sp³-hybridized carbons (Fsp3) is 0.278.